The van der Waals surface area contributed by atoms with Gasteiger partial charge in [-0.25, -0.2) is 0 Å². The molecule has 0 amide bonds. The highest BCUT2D eigenvalue weighted by atomic mass is 16.4. The molecule has 0 bridgehead atoms. The number of carbonyl (C=O) groups is 4. The molecule has 0 aliphatic carbocycles. The van der Waals surface area contributed by atoms with E-state index in [0.29, 0.717) is 6.42 Å². The molecular weight excluding hydrogens is 584 g/mol. The second kappa shape index (κ2) is 50.0. The molecule has 0 spiro atoms. The van der Waals surface area contributed by atoms with E-state index in [1.54, 1.807) is 0 Å². The van der Waals surface area contributed by atoms with Gasteiger partial charge in [0.2, 0.25) is 0 Å². The fourth-order valence-corrected chi connectivity index (χ4v) is 2.46. The lowest BCUT2D eigenvalue weighted by molar-refractivity contribution is -0.137. The van der Waals surface area contributed by atoms with Crippen LogP contribution in [0.5, 0.6) is 0 Å². The molecule has 0 radical (unpaired) electrons. The molecular formula is C30H62O14. The maximum absolute atomic E-state index is 10.3. The summed E-state index contributed by atoms with van der Waals surface area (Å²) in [7, 11) is 0. The Bertz CT molecular complexity index is 568. The van der Waals surface area contributed by atoms with Crippen LogP contribution in [0.4, 0.5) is 0 Å². The van der Waals surface area contributed by atoms with Crippen molar-refractivity contribution < 1.29 is 70.2 Å². The second-order valence-electron chi connectivity index (χ2n) is 9.32. The first-order chi connectivity index (χ1) is 20.6. The van der Waals surface area contributed by atoms with Crippen molar-refractivity contribution in [3.8, 4) is 0 Å². The molecule has 0 heterocycles. The van der Waals surface area contributed by atoms with E-state index in [0.717, 1.165) is 33.6 Å². The van der Waals surface area contributed by atoms with E-state index in [1.807, 2.05) is 0 Å². The zero-order valence-electron chi connectivity index (χ0n) is 27.1. The SMILES string of the molecule is CC(=O)O.CC(=O)O.CC(=O)O.CCCCCCCCC=CCCCCCCCC(=O)O.OCC(O)CO.OCC(O)CO. The summed E-state index contributed by atoms with van der Waals surface area (Å²) in [6.45, 7) is 4.05. The Morgan fingerprint density at radius 2 is 0.750 bits per heavy atom. The average molecular weight is 647 g/mol. The predicted octanol–water partition coefficient (Wildman–Crippen LogP) is 3.05. The number of rotatable bonds is 19. The smallest absolute Gasteiger partial charge is 0.303 e. The first-order valence-corrected chi connectivity index (χ1v) is 14.8. The van der Waals surface area contributed by atoms with Crippen molar-refractivity contribution >= 4 is 23.9 Å². The third-order valence-electron chi connectivity index (χ3n) is 4.50. The van der Waals surface area contributed by atoms with E-state index in [1.165, 1.54) is 70.6 Å². The second-order valence-corrected chi connectivity index (χ2v) is 9.32. The van der Waals surface area contributed by atoms with Gasteiger partial charge in [-0.2, -0.15) is 0 Å². The lowest BCUT2D eigenvalue weighted by Gasteiger charge is -1.99. The van der Waals surface area contributed by atoms with Crippen LogP contribution in [-0.2, 0) is 19.2 Å². The van der Waals surface area contributed by atoms with Crippen LogP contribution >= 0.6 is 0 Å². The summed E-state index contributed by atoms with van der Waals surface area (Å²) in [4.78, 5) is 37.3. The minimum Gasteiger partial charge on any atom is -0.481 e. The van der Waals surface area contributed by atoms with Crippen LogP contribution in [0.3, 0.4) is 0 Å². The molecule has 0 saturated heterocycles. The Kier molecular flexibility index (Phi) is 61.3. The predicted molar refractivity (Wildman–Crippen MR) is 167 cm³/mol. The van der Waals surface area contributed by atoms with Gasteiger partial charge in [0.15, 0.2) is 0 Å². The van der Waals surface area contributed by atoms with Gasteiger partial charge in [0.1, 0.15) is 12.2 Å². The van der Waals surface area contributed by atoms with Crippen molar-refractivity contribution in [1.82, 2.24) is 0 Å². The van der Waals surface area contributed by atoms with Crippen molar-refractivity contribution in [1.29, 1.82) is 0 Å². The molecule has 0 saturated carbocycles. The van der Waals surface area contributed by atoms with Crippen LogP contribution in [0.15, 0.2) is 12.2 Å². The van der Waals surface area contributed by atoms with E-state index in [4.69, 9.17) is 65.4 Å². The monoisotopic (exact) mass is 646 g/mol. The fourth-order valence-electron chi connectivity index (χ4n) is 2.46. The van der Waals surface area contributed by atoms with Crippen LogP contribution in [0.2, 0.25) is 0 Å². The molecule has 0 atom stereocenters. The zero-order valence-corrected chi connectivity index (χ0v) is 27.1. The molecule has 14 heteroatoms. The van der Waals surface area contributed by atoms with Gasteiger partial charge >= 0.3 is 5.97 Å². The number of unbranched alkanes of at least 4 members (excludes halogenated alkanes) is 11. The topological polar surface area (TPSA) is 271 Å². The summed E-state index contributed by atoms with van der Waals surface area (Å²) in [5, 5.41) is 78.8. The maximum atomic E-state index is 10.3. The maximum Gasteiger partial charge on any atom is 0.303 e. The van der Waals surface area contributed by atoms with Crippen LogP contribution in [0, 0.1) is 0 Å². The molecule has 0 aliphatic heterocycles. The van der Waals surface area contributed by atoms with Crippen LogP contribution in [-0.4, -0.2) is 114 Å². The highest BCUT2D eigenvalue weighted by Crippen LogP contribution is 2.09. The molecule has 14 nitrogen and oxygen atoms in total. The van der Waals surface area contributed by atoms with Gasteiger partial charge in [-0.3, -0.25) is 19.2 Å². The number of hydrogen-bond donors (Lipinski definition) is 10. The number of aliphatic hydroxyl groups excluding tert-OH is 6. The van der Waals surface area contributed by atoms with Crippen molar-refractivity contribution in [3.05, 3.63) is 12.2 Å². The molecule has 0 rings (SSSR count). The minimum atomic E-state index is -0.954. The van der Waals surface area contributed by atoms with Gasteiger partial charge in [-0.15, -0.1) is 0 Å². The van der Waals surface area contributed by atoms with Gasteiger partial charge in [0.25, 0.3) is 17.9 Å². The highest BCUT2D eigenvalue weighted by molar-refractivity contribution is 5.66. The quantitative estimate of drug-likeness (QED) is 0.0714. The summed E-state index contributed by atoms with van der Waals surface area (Å²) < 4.78 is 0. The van der Waals surface area contributed by atoms with E-state index in [2.05, 4.69) is 19.1 Å². The summed E-state index contributed by atoms with van der Waals surface area (Å²) in [6, 6.07) is 0. The standard InChI is InChI=1S/C18H34O2.2C3H8O3.3C2H4O2/c1-2-3-4-5-6-7-8-9-10-11-12-13-14-15-16-17-18(19)20;2*4-1-3(6)2-5;3*1-2(3)4/h9-10H,2-8,11-17H2,1H3,(H,19,20);2*3-6H,1-2H2;3*1H3,(H,3,4). The minimum absolute atomic E-state index is 0.332. The lowest BCUT2D eigenvalue weighted by atomic mass is 10.1. The third kappa shape index (κ3) is 116. The van der Waals surface area contributed by atoms with Crippen LogP contribution in [0.1, 0.15) is 118 Å². The third-order valence-corrected chi connectivity index (χ3v) is 4.50. The first kappa shape index (κ1) is 53.9. The van der Waals surface area contributed by atoms with E-state index in [-0.39, 0.29) is 26.4 Å². The molecule has 0 aromatic rings. The summed E-state index contributed by atoms with van der Waals surface area (Å²) in [6.07, 6.45) is 19.3. The normalized spacial score (nSPS) is 9.55. The Labute approximate surface area is 262 Å². The lowest BCUT2D eigenvalue weighted by Crippen LogP contribution is -2.15. The van der Waals surface area contributed by atoms with Gasteiger partial charge in [0, 0.05) is 27.2 Å². The Hall–Kier alpha value is -2.62. The number of allylic oxidation sites excluding steroid dienone is 2. The summed E-state index contributed by atoms with van der Waals surface area (Å²) in [5.41, 5.74) is 0. The van der Waals surface area contributed by atoms with Crippen molar-refractivity contribution in [2.75, 3.05) is 26.4 Å². The summed E-state index contributed by atoms with van der Waals surface area (Å²) >= 11 is 0. The highest BCUT2D eigenvalue weighted by Gasteiger charge is 1.96. The molecule has 0 aliphatic rings. The molecule has 0 unspecified atom stereocenters. The van der Waals surface area contributed by atoms with Crippen molar-refractivity contribution in [3.63, 3.8) is 0 Å². The van der Waals surface area contributed by atoms with E-state index >= 15 is 0 Å². The fraction of sp³-hybridized carbons (Fsp3) is 0.800. The number of aliphatic carboxylic acids is 4. The number of hydrogen-bond acceptors (Lipinski definition) is 10. The summed E-state index contributed by atoms with van der Waals surface area (Å²) in [5.74, 6) is -3.16. The van der Waals surface area contributed by atoms with Gasteiger partial charge in [0.05, 0.1) is 26.4 Å². The Balaban J connectivity index is -0.000000122. The van der Waals surface area contributed by atoms with Crippen LogP contribution in [0.25, 0.3) is 0 Å². The van der Waals surface area contributed by atoms with Gasteiger partial charge in [-0.05, 0) is 32.1 Å². The molecule has 0 aromatic carbocycles. The Morgan fingerprint density at radius 1 is 0.500 bits per heavy atom. The molecule has 0 aromatic heterocycles. The number of carboxylic acid groups (broad SMARTS) is 4. The number of aliphatic hydroxyl groups is 6. The average Bonchev–Trinajstić information content (AvgIpc) is 2.93. The van der Waals surface area contributed by atoms with E-state index < -0.39 is 36.1 Å². The van der Waals surface area contributed by atoms with Gasteiger partial charge < -0.3 is 51.1 Å². The van der Waals surface area contributed by atoms with E-state index in [9.17, 15) is 4.79 Å². The first-order valence-electron chi connectivity index (χ1n) is 14.8. The van der Waals surface area contributed by atoms with Crippen molar-refractivity contribution in [2.45, 2.75) is 130 Å². The van der Waals surface area contributed by atoms with Crippen LogP contribution < -0.4 is 0 Å². The Morgan fingerprint density at radius 3 is 0.977 bits per heavy atom. The molecule has 0 fully saturated rings. The molecule has 10 N–H and O–H groups in total. The largest absolute Gasteiger partial charge is 0.481 e. The number of carboxylic acids is 4. The van der Waals surface area contributed by atoms with Crippen molar-refractivity contribution in [2.24, 2.45) is 0 Å². The molecule has 266 valence electrons. The molecule has 44 heavy (non-hydrogen) atoms. The van der Waals surface area contributed by atoms with Gasteiger partial charge in [-0.1, -0.05) is 70.4 Å². The zero-order chi connectivity index (χ0) is 35.6.